The molecule has 0 saturated carbocycles. The summed E-state index contributed by atoms with van der Waals surface area (Å²) in [4.78, 5) is 23.8. The summed E-state index contributed by atoms with van der Waals surface area (Å²) in [5.74, 6) is 0.216. The topological polar surface area (TPSA) is 144 Å². The minimum Gasteiger partial charge on any atom is -0.457 e. The van der Waals surface area contributed by atoms with Gasteiger partial charge in [0.25, 0.3) is 5.91 Å². The van der Waals surface area contributed by atoms with Gasteiger partial charge in [0.05, 0.1) is 30.7 Å². The van der Waals surface area contributed by atoms with Gasteiger partial charge in [0, 0.05) is 30.3 Å². The predicted molar refractivity (Wildman–Crippen MR) is 162 cm³/mol. The number of likely N-dealkylation sites (tertiary alicyclic amines) is 1. The van der Waals surface area contributed by atoms with Gasteiger partial charge in [-0.1, -0.05) is 18.2 Å². The maximum atomic E-state index is 15.6. The number of halogens is 1. The molecule has 44 heavy (non-hydrogen) atoms. The summed E-state index contributed by atoms with van der Waals surface area (Å²) in [5.41, 5.74) is 6.75. The van der Waals surface area contributed by atoms with Crippen molar-refractivity contribution in [2.75, 3.05) is 32.0 Å². The molecule has 2 fully saturated rings. The van der Waals surface area contributed by atoms with Gasteiger partial charge in [-0.15, -0.1) is 0 Å². The van der Waals surface area contributed by atoms with Crippen molar-refractivity contribution in [1.82, 2.24) is 30.0 Å². The van der Waals surface area contributed by atoms with Crippen LogP contribution in [0.5, 0.6) is 11.5 Å². The van der Waals surface area contributed by atoms with Gasteiger partial charge >= 0.3 is 0 Å². The molecule has 2 saturated heterocycles. The fourth-order valence-corrected chi connectivity index (χ4v) is 5.71. The van der Waals surface area contributed by atoms with Crippen LogP contribution in [0.2, 0.25) is 0 Å². The van der Waals surface area contributed by atoms with Crippen LogP contribution in [-0.2, 0) is 9.53 Å². The third-order valence-electron chi connectivity index (χ3n) is 7.79. The number of para-hydroxylation sites is 1. The third kappa shape index (κ3) is 5.97. The molecule has 1 unspecified atom stereocenters. The van der Waals surface area contributed by atoms with Crippen molar-refractivity contribution in [3.05, 3.63) is 72.3 Å². The molecule has 226 valence electrons. The molecule has 3 N–H and O–H groups in total. The van der Waals surface area contributed by atoms with Gasteiger partial charge in [-0.05, 0) is 57.0 Å². The van der Waals surface area contributed by atoms with Crippen molar-refractivity contribution in [3.8, 4) is 28.8 Å². The van der Waals surface area contributed by atoms with Gasteiger partial charge in [-0.2, -0.15) is 10.4 Å². The van der Waals surface area contributed by atoms with Gasteiger partial charge in [0.1, 0.15) is 46.8 Å². The van der Waals surface area contributed by atoms with Crippen LogP contribution >= 0.6 is 0 Å². The Balaban J connectivity index is 1.28. The SMILES string of the molecule is CC(C)(/C=C(/C#N)C(=O)N1CCCC(n2nc(-c3ccc(Oc4ccccc4)cc3F)c3c(N)ncnc32)C1)NC1COC1. The second kappa shape index (κ2) is 12.0. The Morgan fingerprint density at radius 2 is 2.00 bits per heavy atom. The number of benzene rings is 2. The van der Waals surface area contributed by atoms with Gasteiger partial charge in [0.15, 0.2) is 5.65 Å². The number of hydrogen-bond donors (Lipinski definition) is 2. The summed E-state index contributed by atoms with van der Waals surface area (Å²) in [6.07, 6.45) is 4.42. The maximum Gasteiger partial charge on any atom is 0.264 e. The highest BCUT2D eigenvalue weighted by Gasteiger charge is 2.32. The highest BCUT2D eigenvalue weighted by molar-refractivity contribution is 5.99. The Bertz CT molecular complexity index is 1760. The number of rotatable bonds is 8. The smallest absolute Gasteiger partial charge is 0.264 e. The summed E-state index contributed by atoms with van der Waals surface area (Å²) in [6.45, 7) is 5.86. The Morgan fingerprint density at radius 3 is 2.70 bits per heavy atom. The molecule has 6 rings (SSSR count). The Hall–Kier alpha value is -4.86. The third-order valence-corrected chi connectivity index (χ3v) is 7.79. The molecule has 2 aromatic carbocycles. The number of carbonyl (C=O) groups is 1. The maximum absolute atomic E-state index is 15.6. The Morgan fingerprint density at radius 1 is 1.20 bits per heavy atom. The molecule has 2 aliphatic rings. The number of piperidine rings is 1. The number of nitrogens with zero attached hydrogens (tertiary/aromatic N) is 6. The van der Waals surface area contributed by atoms with Crippen LogP contribution in [0.25, 0.3) is 22.3 Å². The Labute approximate surface area is 254 Å². The van der Waals surface area contributed by atoms with Gasteiger partial charge in [-0.3, -0.25) is 4.79 Å². The van der Waals surface area contributed by atoms with E-state index in [1.54, 1.807) is 39.9 Å². The highest BCUT2D eigenvalue weighted by Crippen LogP contribution is 2.36. The number of nitrogens with one attached hydrogen (secondary N) is 1. The van der Waals surface area contributed by atoms with E-state index in [9.17, 15) is 10.1 Å². The Kier molecular flexibility index (Phi) is 7.99. The second-order valence-electron chi connectivity index (χ2n) is 11.6. The van der Waals surface area contributed by atoms with Crippen LogP contribution in [-0.4, -0.2) is 68.4 Å². The first-order valence-electron chi connectivity index (χ1n) is 14.5. The van der Waals surface area contributed by atoms with Crippen molar-refractivity contribution in [1.29, 1.82) is 5.26 Å². The number of hydrogen-bond acceptors (Lipinski definition) is 9. The van der Waals surface area contributed by atoms with E-state index >= 15 is 4.39 Å². The van der Waals surface area contributed by atoms with Crippen molar-refractivity contribution in [3.63, 3.8) is 0 Å². The molecule has 1 amide bonds. The molecule has 0 radical (unpaired) electrons. The summed E-state index contributed by atoms with van der Waals surface area (Å²) in [7, 11) is 0. The fraction of sp³-hybridized carbons (Fsp3) is 0.344. The van der Waals surface area contributed by atoms with Gasteiger partial charge in [0.2, 0.25) is 0 Å². The average Bonchev–Trinajstić information content (AvgIpc) is 3.39. The van der Waals surface area contributed by atoms with E-state index in [2.05, 4.69) is 21.4 Å². The van der Waals surface area contributed by atoms with Crippen molar-refractivity contribution in [2.24, 2.45) is 0 Å². The van der Waals surface area contributed by atoms with E-state index in [0.29, 0.717) is 67.4 Å². The van der Waals surface area contributed by atoms with Crippen LogP contribution in [0.4, 0.5) is 10.2 Å². The molecule has 0 aliphatic carbocycles. The number of amides is 1. The molecule has 2 aliphatic heterocycles. The van der Waals surface area contributed by atoms with Crippen LogP contribution in [0.15, 0.2) is 66.5 Å². The van der Waals surface area contributed by atoms with Crippen LogP contribution in [0.3, 0.4) is 0 Å². The molecule has 0 bridgehead atoms. The summed E-state index contributed by atoms with van der Waals surface area (Å²) >= 11 is 0. The second-order valence-corrected chi connectivity index (χ2v) is 11.6. The van der Waals surface area contributed by atoms with E-state index in [1.165, 1.54) is 12.4 Å². The fourth-order valence-electron chi connectivity index (χ4n) is 5.71. The number of anilines is 1. The largest absolute Gasteiger partial charge is 0.457 e. The van der Waals surface area contributed by atoms with Gasteiger partial charge < -0.3 is 25.4 Å². The van der Waals surface area contributed by atoms with E-state index in [1.807, 2.05) is 32.0 Å². The minimum absolute atomic E-state index is 0.0702. The van der Waals surface area contributed by atoms with Crippen molar-refractivity contribution >= 4 is 22.8 Å². The molecule has 1 atom stereocenters. The zero-order chi connectivity index (χ0) is 30.8. The van der Waals surface area contributed by atoms with E-state index < -0.39 is 11.4 Å². The number of carbonyl (C=O) groups excluding carboxylic acids is 1. The summed E-state index contributed by atoms with van der Waals surface area (Å²) < 4.78 is 28.3. The van der Waals surface area contributed by atoms with E-state index in [-0.39, 0.29) is 34.9 Å². The minimum atomic E-state index is -0.572. The zero-order valence-electron chi connectivity index (χ0n) is 24.5. The molecular formula is C32H33FN8O3. The average molecular weight is 597 g/mol. The molecule has 4 aromatic rings. The quantitative estimate of drug-likeness (QED) is 0.224. The molecule has 11 nitrogen and oxygen atoms in total. The molecule has 4 heterocycles. The molecule has 12 heteroatoms. The predicted octanol–water partition coefficient (Wildman–Crippen LogP) is 4.39. The molecular weight excluding hydrogens is 563 g/mol. The first kappa shape index (κ1) is 29.2. The standard InChI is InChI=1S/C32H33FN8O3/c1-32(2,38-21-17-43-18-21)14-20(15-34)31(42)40-12-6-7-22(16-40)41-30-27(29(35)36-19-37-30)28(39-41)25-11-10-24(13-26(25)33)44-23-8-4-3-5-9-23/h3-5,8-11,13-14,19,21-22,38H,6-7,12,16-18H2,1-2H3,(H2,35,36,37)/b20-14-. The summed E-state index contributed by atoms with van der Waals surface area (Å²) in [5, 5.41) is 18.5. The number of nitrogens with two attached hydrogens (primary N) is 1. The van der Waals surface area contributed by atoms with Crippen LogP contribution in [0, 0.1) is 17.1 Å². The van der Waals surface area contributed by atoms with Crippen LogP contribution in [0.1, 0.15) is 32.7 Å². The lowest BCUT2D eigenvalue weighted by Gasteiger charge is -2.35. The number of aromatic nitrogens is 4. The van der Waals surface area contributed by atoms with Crippen molar-refractivity contribution in [2.45, 2.75) is 44.3 Å². The highest BCUT2D eigenvalue weighted by atomic mass is 19.1. The summed E-state index contributed by atoms with van der Waals surface area (Å²) in [6, 6.07) is 15.7. The number of nitrogen functional groups attached to an aromatic ring is 1. The lowest BCUT2D eigenvalue weighted by atomic mass is 9.98. The number of fused-ring (bicyclic) bond motifs is 1. The lowest BCUT2D eigenvalue weighted by molar-refractivity contribution is -0.128. The normalized spacial score (nSPS) is 17.7. The first-order valence-corrected chi connectivity index (χ1v) is 14.5. The monoisotopic (exact) mass is 596 g/mol. The number of nitriles is 1. The first-order chi connectivity index (χ1) is 21.2. The van der Waals surface area contributed by atoms with E-state index in [4.69, 9.17) is 20.3 Å². The molecule has 0 spiro atoms. The van der Waals surface area contributed by atoms with Gasteiger partial charge in [-0.25, -0.2) is 19.0 Å². The van der Waals surface area contributed by atoms with Crippen LogP contribution < -0.4 is 15.8 Å². The number of ether oxygens (including phenoxy) is 2. The lowest BCUT2D eigenvalue weighted by Crippen LogP contribution is -2.54. The zero-order valence-corrected chi connectivity index (χ0v) is 24.5. The van der Waals surface area contributed by atoms with Crippen molar-refractivity contribution < 1.29 is 18.7 Å². The van der Waals surface area contributed by atoms with E-state index in [0.717, 1.165) is 0 Å². The molecule has 2 aromatic heterocycles.